The third-order valence-corrected chi connectivity index (χ3v) is 1.69. The van der Waals surface area contributed by atoms with Gasteiger partial charge in [-0.1, -0.05) is 0 Å². The van der Waals surface area contributed by atoms with E-state index in [1.165, 1.54) is 26.4 Å². The van der Waals surface area contributed by atoms with Crippen LogP contribution in [0.2, 0.25) is 0 Å². The van der Waals surface area contributed by atoms with Crippen LogP contribution in [-0.4, -0.2) is 31.4 Å². The van der Waals surface area contributed by atoms with E-state index in [0.29, 0.717) is 0 Å². The number of nitrogens with zero attached hydrogens (tertiary/aromatic N) is 1. The fourth-order valence-corrected chi connectivity index (χ4v) is 0.910. The van der Waals surface area contributed by atoms with Crippen molar-refractivity contribution in [3.05, 3.63) is 23.9 Å². The zero-order valence-corrected chi connectivity index (χ0v) is 7.45. The van der Waals surface area contributed by atoms with Gasteiger partial charge < -0.3 is 5.32 Å². The highest BCUT2D eigenvalue weighted by Gasteiger charge is 2.23. The van der Waals surface area contributed by atoms with Gasteiger partial charge in [0.25, 0.3) is 5.91 Å². The summed E-state index contributed by atoms with van der Waals surface area (Å²) in [4.78, 5) is 16.0. The van der Waals surface area contributed by atoms with Gasteiger partial charge in [0.15, 0.2) is 0 Å². The van der Waals surface area contributed by atoms with Gasteiger partial charge in [0.05, 0.1) is 12.7 Å². The molecule has 0 saturated heterocycles. The van der Waals surface area contributed by atoms with Gasteiger partial charge in [-0.2, -0.15) is 0 Å². The van der Waals surface area contributed by atoms with Crippen molar-refractivity contribution in [3.63, 3.8) is 0 Å². The molecule has 1 rings (SSSR count). The van der Waals surface area contributed by atoms with Gasteiger partial charge in [0, 0.05) is 7.05 Å². The van der Waals surface area contributed by atoms with Crippen molar-refractivity contribution < 1.29 is 14.0 Å². The Morgan fingerprint density at radius 2 is 2.46 bits per heavy atom. The van der Waals surface area contributed by atoms with Crippen LogP contribution < -0.4 is 5.32 Å². The number of carbonyl (C=O) groups excluding carboxylic acids is 1. The molecule has 0 radical (unpaired) electrons. The molecule has 1 aliphatic heterocycles. The van der Waals surface area contributed by atoms with E-state index in [0.717, 1.165) is 5.06 Å². The molecule has 1 aliphatic rings. The highest BCUT2D eigenvalue weighted by Crippen LogP contribution is 2.11. The lowest BCUT2D eigenvalue weighted by atomic mass is 10.2. The van der Waals surface area contributed by atoms with Crippen LogP contribution in [0.1, 0.15) is 0 Å². The number of hydrogen-bond donors (Lipinski definition) is 1. The van der Waals surface area contributed by atoms with Gasteiger partial charge in [-0.25, -0.2) is 9.45 Å². The lowest BCUT2D eigenvalue weighted by molar-refractivity contribution is -0.164. The Hall–Kier alpha value is -1.36. The molecule has 4 nitrogen and oxygen atoms in total. The standard InChI is InChI=1S/C8H11FN2O2/c1-11(13-2)8(12)6-4-3-5-10-7(6)9/h3-5,7,10H,1-2H3. The molecule has 72 valence electrons. The average Bonchev–Trinajstić information content (AvgIpc) is 2.16. The number of carbonyl (C=O) groups is 1. The Morgan fingerprint density at radius 1 is 1.77 bits per heavy atom. The molecule has 1 amide bonds. The summed E-state index contributed by atoms with van der Waals surface area (Å²) in [5.74, 6) is -0.494. The van der Waals surface area contributed by atoms with Gasteiger partial charge in [-0.05, 0) is 18.4 Å². The van der Waals surface area contributed by atoms with E-state index in [1.807, 2.05) is 0 Å². The summed E-state index contributed by atoms with van der Waals surface area (Å²) in [6.45, 7) is 0. The number of rotatable bonds is 2. The number of halogens is 1. The molecule has 0 aromatic heterocycles. The Morgan fingerprint density at radius 3 is 3.00 bits per heavy atom. The second-order valence-corrected chi connectivity index (χ2v) is 2.50. The van der Waals surface area contributed by atoms with Crippen LogP contribution >= 0.6 is 0 Å². The van der Waals surface area contributed by atoms with E-state index in [1.54, 1.807) is 6.08 Å². The van der Waals surface area contributed by atoms with Crippen LogP contribution in [0, 0.1) is 0 Å². The largest absolute Gasteiger partial charge is 0.358 e. The fraction of sp³-hybridized carbons (Fsp3) is 0.375. The van der Waals surface area contributed by atoms with Crippen molar-refractivity contribution in [1.82, 2.24) is 10.4 Å². The molecule has 1 atom stereocenters. The maximum absolute atomic E-state index is 13.1. The molecule has 0 spiro atoms. The van der Waals surface area contributed by atoms with Gasteiger partial charge >= 0.3 is 0 Å². The Kier molecular flexibility index (Phi) is 3.02. The van der Waals surface area contributed by atoms with Crippen molar-refractivity contribution in [2.75, 3.05) is 14.2 Å². The fourth-order valence-electron chi connectivity index (χ4n) is 0.910. The third-order valence-electron chi connectivity index (χ3n) is 1.69. The Balaban J connectivity index is 2.75. The summed E-state index contributed by atoms with van der Waals surface area (Å²) in [6.07, 6.45) is 2.95. The van der Waals surface area contributed by atoms with Gasteiger partial charge in [-0.15, -0.1) is 0 Å². The lowest BCUT2D eigenvalue weighted by Crippen LogP contribution is -2.35. The van der Waals surface area contributed by atoms with E-state index in [4.69, 9.17) is 0 Å². The molecule has 0 bridgehead atoms. The van der Waals surface area contributed by atoms with E-state index in [2.05, 4.69) is 10.2 Å². The second-order valence-electron chi connectivity index (χ2n) is 2.50. The highest BCUT2D eigenvalue weighted by molar-refractivity contribution is 5.94. The van der Waals surface area contributed by atoms with Crippen LogP contribution in [0.15, 0.2) is 23.9 Å². The number of amides is 1. The van der Waals surface area contributed by atoms with Crippen molar-refractivity contribution in [2.45, 2.75) is 6.30 Å². The molecular formula is C8H11FN2O2. The molecular weight excluding hydrogens is 175 g/mol. The summed E-state index contributed by atoms with van der Waals surface area (Å²) in [7, 11) is 2.77. The SMILES string of the molecule is CON(C)C(=O)C1=CC=CNC1F. The smallest absolute Gasteiger partial charge is 0.277 e. The zero-order chi connectivity index (χ0) is 9.84. The second kappa shape index (κ2) is 4.04. The average molecular weight is 186 g/mol. The highest BCUT2D eigenvalue weighted by atomic mass is 19.1. The maximum Gasteiger partial charge on any atom is 0.277 e. The molecule has 5 heteroatoms. The minimum Gasteiger partial charge on any atom is -0.358 e. The Labute approximate surface area is 75.6 Å². The molecule has 1 unspecified atom stereocenters. The summed E-state index contributed by atoms with van der Waals surface area (Å²) < 4.78 is 13.1. The van der Waals surface area contributed by atoms with Crippen LogP contribution in [0.5, 0.6) is 0 Å². The minimum atomic E-state index is -1.46. The molecule has 13 heavy (non-hydrogen) atoms. The summed E-state index contributed by atoms with van der Waals surface area (Å²) >= 11 is 0. The number of allylic oxidation sites excluding steroid dienone is 2. The van der Waals surface area contributed by atoms with Crippen LogP contribution in [-0.2, 0) is 9.63 Å². The minimum absolute atomic E-state index is 0.0341. The molecule has 1 heterocycles. The van der Waals surface area contributed by atoms with Crippen LogP contribution in [0.25, 0.3) is 0 Å². The molecule has 0 aliphatic carbocycles. The predicted molar refractivity (Wildman–Crippen MR) is 45.0 cm³/mol. The molecule has 0 aromatic rings. The van der Waals surface area contributed by atoms with Crippen molar-refractivity contribution in [2.24, 2.45) is 0 Å². The molecule has 0 fully saturated rings. The third kappa shape index (κ3) is 2.06. The lowest BCUT2D eigenvalue weighted by Gasteiger charge is -2.19. The number of dihydropyridines is 1. The quantitative estimate of drug-likeness (QED) is 0.499. The van der Waals surface area contributed by atoms with Gasteiger partial charge in [0.1, 0.15) is 0 Å². The first-order valence-corrected chi connectivity index (χ1v) is 3.76. The van der Waals surface area contributed by atoms with Crippen molar-refractivity contribution in [3.8, 4) is 0 Å². The summed E-state index contributed by atoms with van der Waals surface area (Å²) in [5.41, 5.74) is 0.0341. The summed E-state index contributed by atoms with van der Waals surface area (Å²) in [6, 6.07) is 0. The number of hydroxylamine groups is 2. The maximum atomic E-state index is 13.1. The Bertz CT molecular complexity index is 263. The van der Waals surface area contributed by atoms with Crippen molar-refractivity contribution >= 4 is 5.91 Å². The number of hydrogen-bond acceptors (Lipinski definition) is 3. The first-order chi connectivity index (χ1) is 6.16. The van der Waals surface area contributed by atoms with Crippen LogP contribution in [0.4, 0.5) is 4.39 Å². The number of likely N-dealkylation sites (N-methyl/N-ethyl adjacent to an activating group) is 1. The van der Waals surface area contributed by atoms with E-state index < -0.39 is 12.2 Å². The normalized spacial score (nSPS) is 20.5. The number of alkyl halides is 1. The molecule has 0 saturated carbocycles. The molecule has 0 aromatic carbocycles. The van der Waals surface area contributed by atoms with Gasteiger partial charge in [0.2, 0.25) is 6.30 Å². The monoisotopic (exact) mass is 186 g/mol. The predicted octanol–water partition coefficient (Wildman–Crippen LogP) is 0.345. The first-order valence-electron chi connectivity index (χ1n) is 3.76. The van der Waals surface area contributed by atoms with E-state index >= 15 is 0 Å². The van der Waals surface area contributed by atoms with E-state index in [-0.39, 0.29) is 5.57 Å². The van der Waals surface area contributed by atoms with E-state index in [9.17, 15) is 9.18 Å². The van der Waals surface area contributed by atoms with Crippen molar-refractivity contribution in [1.29, 1.82) is 0 Å². The molecule has 1 N–H and O–H groups in total. The number of nitrogens with one attached hydrogen (secondary N) is 1. The summed E-state index contributed by atoms with van der Waals surface area (Å²) in [5, 5.41) is 3.34. The van der Waals surface area contributed by atoms with Gasteiger partial charge in [-0.3, -0.25) is 9.63 Å². The van der Waals surface area contributed by atoms with Crippen LogP contribution in [0.3, 0.4) is 0 Å². The topological polar surface area (TPSA) is 41.6 Å². The first kappa shape index (κ1) is 9.73. The zero-order valence-electron chi connectivity index (χ0n) is 7.45.